The molecule has 0 saturated carbocycles. The molecule has 0 aliphatic rings. The van der Waals surface area contributed by atoms with Crippen molar-refractivity contribution in [2.75, 3.05) is 18.6 Å². The fourth-order valence-electron chi connectivity index (χ4n) is 2.06. The summed E-state index contributed by atoms with van der Waals surface area (Å²) in [7, 11) is 1.33. The van der Waals surface area contributed by atoms with Crippen molar-refractivity contribution in [2.45, 2.75) is 33.2 Å². The number of nitrogens with one attached hydrogen (secondary N) is 1. The molecule has 5 nitrogen and oxygen atoms in total. The fourth-order valence-corrected chi connectivity index (χ4v) is 2.06. The fraction of sp³-hybridized carbons (Fsp3) is 0.500. The zero-order chi connectivity index (χ0) is 15.8. The van der Waals surface area contributed by atoms with Gasteiger partial charge in [-0.05, 0) is 25.0 Å². The molecule has 0 spiro atoms. The van der Waals surface area contributed by atoms with E-state index in [-0.39, 0.29) is 11.9 Å². The van der Waals surface area contributed by atoms with Gasteiger partial charge in [0.2, 0.25) is 0 Å². The number of anilines is 1. The summed E-state index contributed by atoms with van der Waals surface area (Å²) < 4.78 is 4.78. The standard InChI is InChI=1S/C16H24N2O3/c1-5-12(3)14(15(19)21-4)17-16(20)18(6-2)13-10-8-7-9-11-13/h7-12,14H,5-6H2,1-4H3,(H,17,20)/t12?,14-/m0/s1. The van der Waals surface area contributed by atoms with Crippen LogP contribution in [-0.4, -0.2) is 31.7 Å². The number of urea groups is 1. The van der Waals surface area contributed by atoms with Crippen molar-refractivity contribution in [1.29, 1.82) is 0 Å². The summed E-state index contributed by atoms with van der Waals surface area (Å²) in [4.78, 5) is 25.9. The Kier molecular flexibility index (Phi) is 6.72. The van der Waals surface area contributed by atoms with E-state index in [0.29, 0.717) is 6.54 Å². The van der Waals surface area contributed by atoms with E-state index >= 15 is 0 Å². The van der Waals surface area contributed by atoms with Gasteiger partial charge in [-0.1, -0.05) is 38.5 Å². The van der Waals surface area contributed by atoms with E-state index in [0.717, 1.165) is 12.1 Å². The summed E-state index contributed by atoms with van der Waals surface area (Å²) in [5, 5.41) is 2.78. The minimum absolute atomic E-state index is 0.0101. The van der Waals surface area contributed by atoms with Crippen LogP contribution in [0, 0.1) is 5.92 Å². The highest BCUT2D eigenvalue weighted by Crippen LogP contribution is 2.15. The van der Waals surface area contributed by atoms with E-state index in [1.54, 1.807) is 4.90 Å². The monoisotopic (exact) mass is 292 g/mol. The number of amides is 2. The van der Waals surface area contributed by atoms with Crippen molar-refractivity contribution in [3.05, 3.63) is 30.3 Å². The molecule has 2 atom stereocenters. The largest absolute Gasteiger partial charge is 0.467 e. The Hall–Kier alpha value is -2.04. The van der Waals surface area contributed by atoms with E-state index in [4.69, 9.17) is 4.74 Å². The molecule has 1 rings (SSSR count). The summed E-state index contributed by atoms with van der Waals surface area (Å²) in [6, 6.07) is 8.43. The second-order valence-electron chi connectivity index (χ2n) is 4.92. The van der Waals surface area contributed by atoms with Crippen LogP contribution in [0.4, 0.5) is 10.5 Å². The third-order valence-corrected chi connectivity index (χ3v) is 3.58. The van der Waals surface area contributed by atoms with Crippen LogP contribution in [0.5, 0.6) is 0 Å². The number of benzene rings is 1. The van der Waals surface area contributed by atoms with Crippen LogP contribution in [0.2, 0.25) is 0 Å². The molecule has 0 heterocycles. The van der Waals surface area contributed by atoms with Crippen LogP contribution in [0.3, 0.4) is 0 Å². The summed E-state index contributed by atoms with van der Waals surface area (Å²) in [6.07, 6.45) is 0.775. The first-order valence-electron chi connectivity index (χ1n) is 7.26. The number of hydrogen-bond donors (Lipinski definition) is 1. The van der Waals surface area contributed by atoms with Gasteiger partial charge in [0, 0.05) is 12.2 Å². The van der Waals surface area contributed by atoms with Crippen LogP contribution < -0.4 is 10.2 Å². The topological polar surface area (TPSA) is 58.6 Å². The summed E-state index contributed by atoms with van der Waals surface area (Å²) in [5.41, 5.74) is 0.797. The molecular weight excluding hydrogens is 268 g/mol. The first-order chi connectivity index (χ1) is 10.0. The lowest BCUT2D eigenvalue weighted by molar-refractivity contribution is -0.144. The summed E-state index contributed by atoms with van der Waals surface area (Å²) >= 11 is 0. The van der Waals surface area contributed by atoms with E-state index in [2.05, 4.69) is 5.32 Å². The Balaban J connectivity index is 2.87. The van der Waals surface area contributed by atoms with E-state index in [1.807, 2.05) is 51.1 Å². The number of hydrogen-bond acceptors (Lipinski definition) is 3. The molecule has 0 aliphatic carbocycles. The number of ether oxygens (including phenoxy) is 1. The van der Waals surface area contributed by atoms with Gasteiger partial charge in [0.1, 0.15) is 6.04 Å². The molecule has 1 aromatic rings. The van der Waals surface area contributed by atoms with Gasteiger partial charge >= 0.3 is 12.0 Å². The SMILES string of the molecule is CCC(C)[C@H](NC(=O)N(CC)c1ccccc1)C(=O)OC. The molecule has 1 aromatic carbocycles. The van der Waals surface area contributed by atoms with Crippen LogP contribution in [0.15, 0.2) is 30.3 Å². The Morgan fingerprint density at radius 1 is 1.24 bits per heavy atom. The highest BCUT2D eigenvalue weighted by atomic mass is 16.5. The molecule has 0 aliphatic heterocycles. The molecule has 1 N–H and O–H groups in total. The predicted molar refractivity (Wildman–Crippen MR) is 83.3 cm³/mol. The summed E-state index contributed by atoms with van der Waals surface area (Å²) in [6.45, 7) is 6.30. The molecule has 2 amide bonds. The molecule has 116 valence electrons. The Morgan fingerprint density at radius 2 is 1.86 bits per heavy atom. The number of methoxy groups -OCH3 is 1. The number of esters is 1. The van der Waals surface area contributed by atoms with Gasteiger partial charge in [0.15, 0.2) is 0 Å². The maximum Gasteiger partial charge on any atom is 0.328 e. The smallest absolute Gasteiger partial charge is 0.328 e. The zero-order valence-electron chi connectivity index (χ0n) is 13.1. The third-order valence-electron chi connectivity index (χ3n) is 3.58. The Labute approximate surface area is 126 Å². The van der Waals surface area contributed by atoms with E-state index in [1.165, 1.54) is 7.11 Å². The van der Waals surface area contributed by atoms with Crippen LogP contribution in [0.1, 0.15) is 27.2 Å². The molecule has 0 fully saturated rings. The number of para-hydroxylation sites is 1. The molecule has 0 radical (unpaired) electrons. The average molecular weight is 292 g/mol. The summed E-state index contributed by atoms with van der Waals surface area (Å²) in [5.74, 6) is -0.405. The van der Waals surface area contributed by atoms with Gasteiger partial charge < -0.3 is 10.1 Å². The molecule has 21 heavy (non-hydrogen) atoms. The number of carbonyl (C=O) groups excluding carboxylic acids is 2. The van der Waals surface area contributed by atoms with E-state index < -0.39 is 12.0 Å². The van der Waals surface area contributed by atoms with E-state index in [9.17, 15) is 9.59 Å². The van der Waals surface area contributed by atoms with Crippen LogP contribution in [0.25, 0.3) is 0 Å². The number of rotatable bonds is 6. The zero-order valence-corrected chi connectivity index (χ0v) is 13.1. The molecule has 0 saturated heterocycles. The second kappa shape index (κ2) is 8.29. The molecule has 1 unspecified atom stereocenters. The van der Waals surface area contributed by atoms with Gasteiger partial charge in [-0.2, -0.15) is 0 Å². The van der Waals surface area contributed by atoms with Crippen molar-refractivity contribution >= 4 is 17.7 Å². The van der Waals surface area contributed by atoms with Crippen LogP contribution >= 0.6 is 0 Å². The minimum Gasteiger partial charge on any atom is -0.467 e. The number of nitrogens with zero attached hydrogens (tertiary/aromatic N) is 1. The number of carbonyl (C=O) groups is 2. The van der Waals surface area contributed by atoms with Crippen molar-refractivity contribution in [2.24, 2.45) is 5.92 Å². The first-order valence-corrected chi connectivity index (χ1v) is 7.26. The lowest BCUT2D eigenvalue weighted by Crippen LogP contribution is -2.51. The second-order valence-corrected chi connectivity index (χ2v) is 4.92. The van der Waals surface area contributed by atoms with Crippen molar-refractivity contribution < 1.29 is 14.3 Å². The highest BCUT2D eigenvalue weighted by molar-refractivity contribution is 5.94. The van der Waals surface area contributed by atoms with Crippen LogP contribution in [-0.2, 0) is 9.53 Å². The highest BCUT2D eigenvalue weighted by Gasteiger charge is 2.28. The molecule has 0 aromatic heterocycles. The van der Waals surface area contributed by atoms with Gasteiger partial charge in [0.25, 0.3) is 0 Å². The Bertz CT molecular complexity index is 462. The predicted octanol–water partition coefficient (Wildman–Crippen LogP) is 2.81. The Morgan fingerprint density at radius 3 is 2.33 bits per heavy atom. The van der Waals surface area contributed by atoms with Gasteiger partial charge in [0.05, 0.1) is 7.11 Å². The van der Waals surface area contributed by atoms with Gasteiger partial charge in [-0.3, -0.25) is 4.90 Å². The third kappa shape index (κ3) is 4.48. The van der Waals surface area contributed by atoms with Gasteiger partial charge in [-0.15, -0.1) is 0 Å². The lowest BCUT2D eigenvalue weighted by atomic mass is 9.99. The normalized spacial score (nSPS) is 13.1. The quantitative estimate of drug-likeness (QED) is 0.820. The molecule has 5 heteroatoms. The maximum atomic E-state index is 12.4. The molecular formula is C16H24N2O3. The van der Waals surface area contributed by atoms with Crippen molar-refractivity contribution in [3.63, 3.8) is 0 Å². The van der Waals surface area contributed by atoms with Crippen molar-refractivity contribution in [3.8, 4) is 0 Å². The average Bonchev–Trinajstić information content (AvgIpc) is 2.52. The minimum atomic E-state index is -0.634. The van der Waals surface area contributed by atoms with Gasteiger partial charge in [-0.25, -0.2) is 9.59 Å². The first kappa shape index (κ1) is 17.0. The lowest BCUT2D eigenvalue weighted by Gasteiger charge is -2.27. The van der Waals surface area contributed by atoms with Crippen molar-refractivity contribution in [1.82, 2.24) is 5.32 Å². The maximum absolute atomic E-state index is 12.4. The molecule has 0 bridgehead atoms.